The van der Waals surface area contributed by atoms with Crippen LogP contribution in [0.15, 0.2) is 48.5 Å². The number of nitrogens with one attached hydrogen (secondary N) is 3. The molecule has 0 heterocycles. The number of urea groups is 1. The van der Waals surface area contributed by atoms with Crippen LogP contribution in [-0.2, 0) is 11.3 Å². The number of rotatable bonds is 5. The molecule has 0 spiro atoms. The van der Waals surface area contributed by atoms with E-state index < -0.39 is 0 Å². The van der Waals surface area contributed by atoms with Gasteiger partial charge in [0, 0.05) is 24.3 Å². The fourth-order valence-electron chi connectivity index (χ4n) is 2.05. The number of carbonyl (C=O) groups is 2. The highest BCUT2D eigenvalue weighted by molar-refractivity contribution is 5.92. The van der Waals surface area contributed by atoms with E-state index in [9.17, 15) is 9.59 Å². The van der Waals surface area contributed by atoms with Gasteiger partial charge in [0.1, 0.15) is 0 Å². The van der Waals surface area contributed by atoms with Gasteiger partial charge in [-0.1, -0.05) is 31.2 Å². The van der Waals surface area contributed by atoms with Gasteiger partial charge in [0.25, 0.3) is 0 Å². The van der Waals surface area contributed by atoms with Gasteiger partial charge in [-0.15, -0.1) is 0 Å². The van der Waals surface area contributed by atoms with E-state index in [0.717, 1.165) is 11.1 Å². The largest absolute Gasteiger partial charge is 0.334 e. The zero-order valence-electron chi connectivity index (χ0n) is 13.3. The Bertz CT molecular complexity index is 681. The van der Waals surface area contributed by atoms with Gasteiger partial charge < -0.3 is 16.0 Å². The van der Waals surface area contributed by atoms with E-state index in [0.29, 0.717) is 24.3 Å². The highest BCUT2D eigenvalue weighted by Gasteiger charge is 2.04. The Morgan fingerprint density at radius 1 is 0.913 bits per heavy atom. The van der Waals surface area contributed by atoms with Crippen molar-refractivity contribution in [3.8, 4) is 0 Å². The molecule has 2 aromatic carbocycles. The number of hydrogen-bond donors (Lipinski definition) is 3. The first-order valence-electron chi connectivity index (χ1n) is 7.57. The summed E-state index contributed by atoms with van der Waals surface area (Å²) in [5, 5.41) is 8.35. The number of carbonyl (C=O) groups excluding carboxylic acids is 2. The van der Waals surface area contributed by atoms with E-state index in [4.69, 9.17) is 0 Å². The molecule has 0 aromatic heterocycles. The van der Waals surface area contributed by atoms with Crippen LogP contribution in [-0.4, -0.2) is 11.9 Å². The predicted octanol–water partition coefficient (Wildman–Crippen LogP) is 3.67. The second-order valence-corrected chi connectivity index (χ2v) is 5.21. The topological polar surface area (TPSA) is 70.2 Å². The Morgan fingerprint density at radius 3 is 2.13 bits per heavy atom. The van der Waals surface area contributed by atoms with Crippen LogP contribution in [0.4, 0.5) is 16.2 Å². The molecule has 23 heavy (non-hydrogen) atoms. The molecule has 0 unspecified atom stereocenters. The van der Waals surface area contributed by atoms with Crippen LogP contribution in [0.3, 0.4) is 0 Å². The lowest BCUT2D eigenvalue weighted by Gasteiger charge is -2.10. The van der Waals surface area contributed by atoms with E-state index in [1.165, 1.54) is 0 Å². The van der Waals surface area contributed by atoms with Gasteiger partial charge in [0.2, 0.25) is 5.91 Å². The summed E-state index contributed by atoms with van der Waals surface area (Å²) in [7, 11) is 0. The first-order valence-corrected chi connectivity index (χ1v) is 7.57. The van der Waals surface area contributed by atoms with Crippen molar-refractivity contribution < 1.29 is 9.59 Å². The Kier molecular flexibility index (Phi) is 5.74. The van der Waals surface area contributed by atoms with Gasteiger partial charge in [-0.05, 0) is 42.3 Å². The molecule has 0 aliphatic carbocycles. The lowest BCUT2D eigenvalue weighted by Crippen LogP contribution is -2.28. The van der Waals surface area contributed by atoms with Crippen LogP contribution in [0.2, 0.25) is 0 Å². The average molecular weight is 311 g/mol. The van der Waals surface area contributed by atoms with Gasteiger partial charge in [-0.3, -0.25) is 4.79 Å². The van der Waals surface area contributed by atoms with Crippen molar-refractivity contribution in [1.82, 2.24) is 5.32 Å². The summed E-state index contributed by atoms with van der Waals surface area (Å²) in [5.41, 5.74) is 3.61. The Morgan fingerprint density at radius 2 is 1.52 bits per heavy atom. The van der Waals surface area contributed by atoms with Crippen LogP contribution >= 0.6 is 0 Å². The minimum Gasteiger partial charge on any atom is -0.334 e. The van der Waals surface area contributed by atoms with Crippen molar-refractivity contribution in [2.45, 2.75) is 26.8 Å². The molecule has 2 aromatic rings. The summed E-state index contributed by atoms with van der Waals surface area (Å²) in [6.07, 6.45) is 0.432. The van der Waals surface area contributed by atoms with Crippen LogP contribution in [0.5, 0.6) is 0 Å². The number of amides is 3. The summed E-state index contributed by atoms with van der Waals surface area (Å²) < 4.78 is 0. The van der Waals surface area contributed by atoms with Crippen molar-refractivity contribution in [3.63, 3.8) is 0 Å². The quantitative estimate of drug-likeness (QED) is 0.788. The Balaban J connectivity index is 1.85. The number of hydrogen-bond acceptors (Lipinski definition) is 2. The van der Waals surface area contributed by atoms with Crippen LogP contribution in [0.1, 0.15) is 24.5 Å². The van der Waals surface area contributed by atoms with Crippen LogP contribution < -0.4 is 16.0 Å². The molecule has 0 radical (unpaired) electrons. The van der Waals surface area contributed by atoms with Gasteiger partial charge in [0.05, 0.1) is 0 Å². The third-order valence-corrected chi connectivity index (χ3v) is 3.45. The minimum absolute atomic E-state index is 0.0401. The average Bonchev–Trinajstić information content (AvgIpc) is 2.56. The Labute approximate surface area is 136 Å². The molecule has 120 valence electrons. The highest BCUT2D eigenvalue weighted by Crippen LogP contribution is 2.14. The third-order valence-electron chi connectivity index (χ3n) is 3.45. The molecule has 0 aliphatic rings. The number of benzene rings is 2. The second-order valence-electron chi connectivity index (χ2n) is 5.21. The maximum absolute atomic E-state index is 11.9. The van der Waals surface area contributed by atoms with Gasteiger partial charge in [-0.2, -0.15) is 0 Å². The Hall–Kier alpha value is -2.82. The summed E-state index contributed by atoms with van der Waals surface area (Å²) in [6.45, 7) is 4.28. The fourth-order valence-corrected chi connectivity index (χ4v) is 2.05. The van der Waals surface area contributed by atoms with Crippen molar-refractivity contribution in [3.05, 3.63) is 59.7 Å². The highest BCUT2D eigenvalue weighted by atomic mass is 16.2. The van der Waals surface area contributed by atoms with Crippen molar-refractivity contribution in [1.29, 1.82) is 0 Å². The standard InChI is InChI=1S/C18H21N3O2/c1-3-17(22)20-15-8-10-16(11-9-15)21-18(23)19-12-14-7-5-4-6-13(14)2/h4-11H,3,12H2,1-2H3,(H,20,22)(H2,19,21,23). The summed E-state index contributed by atoms with van der Waals surface area (Å²) in [6, 6.07) is 14.7. The molecule has 0 atom stereocenters. The molecular weight excluding hydrogens is 290 g/mol. The number of anilines is 2. The van der Waals surface area contributed by atoms with Gasteiger partial charge >= 0.3 is 6.03 Å². The van der Waals surface area contributed by atoms with Crippen molar-refractivity contribution in [2.24, 2.45) is 0 Å². The monoisotopic (exact) mass is 311 g/mol. The maximum atomic E-state index is 11.9. The molecular formula is C18H21N3O2. The zero-order valence-corrected chi connectivity index (χ0v) is 13.3. The first kappa shape index (κ1) is 16.5. The molecule has 5 nitrogen and oxygen atoms in total. The molecule has 0 aliphatic heterocycles. The zero-order chi connectivity index (χ0) is 16.7. The van der Waals surface area contributed by atoms with E-state index in [-0.39, 0.29) is 11.9 Å². The molecule has 0 saturated carbocycles. The predicted molar refractivity (Wildman–Crippen MR) is 92.4 cm³/mol. The smallest absolute Gasteiger partial charge is 0.319 e. The molecule has 0 saturated heterocycles. The lowest BCUT2D eigenvalue weighted by atomic mass is 10.1. The molecule has 5 heteroatoms. The maximum Gasteiger partial charge on any atom is 0.319 e. The first-order chi connectivity index (χ1) is 11.1. The number of aryl methyl sites for hydroxylation is 1. The van der Waals surface area contributed by atoms with E-state index >= 15 is 0 Å². The molecule has 0 bridgehead atoms. The van der Waals surface area contributed by atoms with Crippen LogP contribution in [0, 0.1) is 6.92 Å². The van der Waals surface area contributed by atoms with Gasteiger partial charge in [-0.25, -0.2) is 4.79 Å². The second kappa shape index (κ2) is 7.98. The lowest BCUT2D eigenvalue weighted by molar-refractivity contribution is -0.115. The molecule has 3 N–H and O–H groups in total. The summed E-state index contributed by atoms with van der Waals surface area (Å²) >= 11 is 0. The van der Waals surface area contributed by atoms with Crippen molar-refractivity contribution >= 4 is 23.3 Å². The molecule has 0 fully saturated rings. The molecule has 3 amide bonds. The summed E-state index contributed by atoms with van der Waals surface area (Å²) in [5.74, 6) is -0.0401. The summed E-state index contributed by atoms with van der Waals surface area (Å²) in [4.78, 5) is 23.2. The van der Waals surface area contributed by atoms with Crippen molar-refractivity contribution in [2.75, 3.05) is 10.6 Å². The van der Waals surface area contributed by atoms with E-state index in [1.54, 1.807) is 31.2 Å². The normalized spacial score (nSPS) is 10.0. The van der Waals surface area contributed by atoms with E-state index in [1.807, 2.05) is 31.2 Å². The molecule has 2 rings (SSSR count). The fraction of sp³-hybridized carbons (Fsp3) is 0.222. The van der Waals surface area contributed by atoms with Gasteiger partial charge in [0.15, 0.2) is 0 Å². The van der Waals surface area contributed by atoms with E-state index in [2.05, 4.69) is 16.0 Å². The third kappa shape index (κ3) is 5.14. The van der Waals surface area contributed by atoms with Crippen LogP contribution in [0.25, 0.3) is 0 Å². The minimum atomic E-state index is -0.265. The SMILES string of the molecule is CCC(=O)Nc1ccc(NC(=O)NCc2ccccc2C)cc1.